The lowest BCUT2D eigenvalue weighted by molar-refractivity contribution is -0.129. The zero-order valence-electron chi connectivity index (χ0n) is 18.9. The molecule has 6 nitrogen and oxygen atoms in total. The Kier molecular flexibility index (Phi) is 8.42. The zero-order valence-corrected chi connectivity index (χ0v) is 18.9. The van der Waals surface area contributed by atoms with E-state index < -0.39 is 6.04 Å². The molecule has 3 rings (SSSR count). The van der Waals surface area contributed by atoms with Gasteiger partial charge >= 0.3 is 0 Å². The molecule has 6 heteroatoms. The molecule has 1 saturated carbocycles. The van der Waals surface area contributed by atoms with Gasteiger partial charge in [0.1, 0.15) is 6.04 Å². The number of rotatable bonds is 9. The van der Waals surface area contributed by atoms with Gasteiger partial charge in [-0.2, -0.15) is 0 Å². The van der Waals surface area contributed by atoms with E-state index in [4.69, 9.17) is 0 Å². The Balaban J connectivity index is 1.62. The molecule has 1 aliphatic carbocycles. The van der Waals surface area contributed by atoms with Crippen molar-refractivity contribution in [2.75, 3.05) is 5.32 Å². The molecule has 1 aliphatic rings. The molecule has 3 amide bonds. The molecule has 3 N–H and O–H groups in total. The van der Waals surface area contributed by atoms with Crippen molar-refractivity contribution in [3.8, 4) is 0 Å². The summed E-state index contributed by atoms with van der Waals surface area (Å²) < 4.78 is 0. The smallest absolute Gasteiger partial charge is 0.247 e. The molecule has 32 heavy (non-hydrogen) atoms. The number of benzene rings is 2. The second-order valence-corrected chi connectivity index (χ2v) is 8.90. The Morgan fingerprint density at radius 1 is 0.969 bits per heavy atom. The van der Waals surface area contributed by atoms with Gasteiger partial charge in [-0.05, 0) is 42.0 Å². The van der Waals surface area contributed by atoms with E-state index in [0.29, 0.717) is 13.0 Å². The first-order chi connectivity index (χ1) is 15.4. The van der Waals surface area contributed by atoms with Crippen LogP contribution in [0.3, 0.4) is 0 Å². The van der Waals surface area contributed by atoms with E-state index in [0.717, 1.165) is 42.5 Å². The Morgan fingerprint density at radius 3 is 2.38 bits per heavy atom. The highest BCUT2D eigenvalue weighted by atomic mass is 16.2. The van der Waals surface area contributed by atoms with Gasteiger partial charge in [0.2, 0.25) is 17.7 Å². The predicted molar refractivity (Wildman–Crippen MR) is 126 cm³/mol. The molecule has 2 aromatic carbocycles. The summed E-state index contributed by atoms with van der Waals surface area (Å²) in [7, 11) is 0. The fraction of sp³-hybridized carbons (Fsp3) is 0.423. The van der Waals surface area contributed by atoms with Crippen LogP contribution in [0, 0.1) is 11.8 Å². The van der Waals surface area contributed by atoms with Gasteiger partial charge in [0.15, 0.2) is 0 Å². The fourth-order valence-electron chi connectivity index (χ4n) is 4.02. The molecule has 0 heterocycles. The highest BCUT2D eigenvalue weighted by molar-refractivity contribution is 5.93. The number of carbonyl (C=O) groups is 3. The van der Waals surface area contributed by atoms with E-state index in [2.05, 4.69) is 16.0 Å². The number of anilines is 1. The lowest BCUT2D eigenvalue weighted by atomic mass is 10.0. The van der Waals surface area contributed by atoms with Gasteiger partial charge in [-0.1, -0.05) is 69.2 Å². The first kappa shape index (κ1) is 23.5. The second kappa shape index (κ2) is 11.5. The maximum Gasteiger partial charge on any atom is 0.247 e. The minimum Gasteiger partial charge on any atom is -0.350 e. The van der Waals surface area contributed by atoms with E-state index in [1.165, 1.54) is 0 Å². The lowest BCUT2D eigenvalue weighted by Gasteiger charge is -2.20. The minimum absolute atomic E-state index is 0.0701. The summed E-state index contributed by atoms with van der Waals surface area (Å²) in [5.74, 6) is -0.0499. The van der Waals surface area contributed by atoms with Crippen molar-refractivity contribution in [3.63, 3.8) is 0 Å². The fourth-order valence-corrected chi connectivity index (χ4v) is 4.02. The largest absolute Gasteiger partial charge is 0.350 e. The van der Waals surface area contributed by atoms with E-state index in [9.17, 15) is 14.4 Å². The third-order valence-corrected chi connectivity index (χ3v) is 5.68. The van der Waals surface area contributed by atoms with E-state index >= 15 is 0 Å². The van der Waals surface area contributed by atoms with Gasteiger partial charge in [-0.3, -0.25) is 14.4 Å². The molecule has 1 fully saturated rings. The van der Waals surface area contributed by atoms with Crippen molar-refractivity contribution in [2.45, 2.75) is 58.5 Å². The SMILES string of the molecule is CC(C)CC(=O)NC(C(=O)NCc1cccc(NC(=O)C2CCCC2)c1)c1ccccc1. The van der Waals surface area contributed by atoms with Crippen LogP contribution in [0.1, 0.15) is 63.1 Å². The molecular formula is C26H33N3O3. The number of hydrogen-bond acceptors (Lipinski definition) is 3. The molecule has 0 aliphatic heterocycles. The lowest BCUT2D eigenvalue weighted by Crippen LogP contribution is -2.40. The summed E-state index contributed by atoms with van der Waals surface area (Å²) in [4.78, 5) is 37.7. The molecule has 1 unspecified atom stereocenters. The van der Waals surface area contributed by atoms with Crippen LogP contribution in [0.5, 0.6) is 0 Å². The zero-order chi connectivity index (χ0) is 22.9. The Bertz CT molecular complexity index is 921. The van der Waals surface area contributed by atoms with Crippen LogP contribution >= 0.6 is 0 Å². The number of hydrogen-bond donors (Lipinski definition) is 3. The predicted octanol–water partition coefficient (Wildman–Crippen LogP) is 4.34. The van der Waals surface area contributed by atoms with Gasteiger partial charge in [-0.15, -0.1) is 0 Å². The third-order valence-electron chi connectivity index (χ3n) is 5.68. The summed E-state index contributed by atoms with van der Waals surface area (Å²) in [6.45, 7) is 4.24. The van der Waals surface area contributed by atoms with Crippen LogP contribution in [-0.2, 0) is 20.9 Å². The number of amides is 3. The summed E-state index contributed by atoms with van der Waals surface area (Å²) in [5, 5.41) is 8.78. The number of carbonyl (C=O) groups excluding carboxylic acids is 3. The maximum atomic E-state index is 13.0. The van der Waals surface area contributed by atoms with Gasteiger partial charge in [0, 0.05) is 24.6 Å². The summed E-state index contributed by atoms with van der Waals surface area (Å²) in [5.41, 5.74) is 2.35. The number of nitrogens with one attached hydrogen (secondary N) is 3. The standard InChI is InChI=1S/C26H33N3O3/c1-18(2)15-23(30)29-24(20-10-4-3-5-11-20)26(32)27-17-19-9-8-14-22(16-19)28-25(31)21-12-6-7-13-21/h3-5,8-11,14,16,18,21,24H,6-7,12-13,15,17H2,1-2H3,(H,27,32)(H,28,31)(H,29,30). The van der Waals surface area contributed by atoms with Gasteiger partial charge in [-0.25, -0.2) is 0 Å². The van der Waals surface area contributed by atoms with Crippen molar-refractivity contribution >= 4 is 23.4 Å². The highest BCUT2D eigenvalue weighted by Gasteiger charge is 2.24. The van der Waals surface area contributed by atoms with Crippen LogP contribution < -0.4 is 16.0 Å². The first-order valence-corrected chi connectivity index (χ1v) is 11.4. The van der Waals surface area contributed by atoms with E-state index in [1.54, 1.807) is 0 Å². The average Bonchev–Trinajstić information content (AvgIpc) is 3.31. The van der Waals surface area contributed by atoms with E-state index in [-0.39, 0.29) is 29.6 Å². The highest BCUT2D eigenvalue weighted by Crippen LogP contribution is 2.26. The van der Waals surface area contributed by atoms with Crippen molar-refractivity contribution in [3.05, 3.63) is 65.7 Å². The van der Waals surface area contributed by atoms with Gasteiger partial charge in [0.25, 0.3) is 0 Å². The van der Waals surface area contributed by atoms with Crippen LogP contribution in [-0.4, -0.2) is 17.7 Å². The molecule has 1 atom stereocenters. The molecule has 0 saturated heterocycles. The molecule has 170 valence electrons. The van der Waals surface area contributed by atoms with Crippen LogP contribution in [0.25, 0.3) is 0 Å². The normalized spacial score (nSPS) is 14.7. The van der Waals surface area contributed by atoms with Gasteiger partial charge < -0.3 is 16.0 Å². The van der Waals surface area contributed by atoms with Gasteiger partial charge in [0.05, 0.1) is 0 Å². The van der Waals surface area contributed by atoms with Crippen molar-refractivity contribution in [1.29, 1.82) is 0 Å². The van der Waals surface area contributed by atoms with Crippen molar-refractivity contribution in [1.82, 2.24) is 10.6 Å². The molecule has 0 radical (unpaired) electrons. The average molecular weight is 436 g/mol. The topological polar surface area (TPSA) is 87.3 Å². The van der Waals surface area contributed by atoms with Crippen LogP contribution in [0.15, 0.2) is 54.6 Å². The molecule has 0 spiro atoms. The Morgan fingerprint density at radius 2 is 1.69 bits per heavy atom. The first-order valence-electron chi connectivity index (χ1n) is 11.4. The van der Waals surface area contributed by atoms with Crippen molar-refractivity contribution in [2.24, 2.45) is 11.8 Å². The van der Waals surface area contributed by atoms with Crippen LogP contribution in [0.4, 0.5) is 5.69 Å². The summed E-state index contributed by atoms with van der Waals surface area (Å²) in [6, 6.07) is 16.0. The maximum absolute atomic E-state index is 13.0. The molecule has 0 bridgehead atoms. The molecule has 2 aromatic rings. The molecular weight excluding hydrogens is 402 g/mol. The molecule has 0 aromatic heterocycles. The minimum atomic E-state index is -0.757. The third kappa shape index (κ3) is 6.94. The summed E-state index contributed by atoms with van der Waals surface area (Å²) in [6.07, 6.45) is 4.48. The second-order valence-electron chi connectivity index (χ2n) is 8.90. The Hall–Kier alpha value is -3.15. The Labute approximate surface area is 190 Å². The van der Waals surface area contributed by atoms with Crippen molar-refractivity contribution < 1.29 is 14.4 Å². The van der Waals surface area contributed by atoms with E-state index in [1.807, 2.05) is 68.4 Å². The van der Waals surface area contributed by atoms with Crippen LogP contribution in [0.2, 0.25) is 0 Å². The monoisotopic (exact) mass is 435 g/mol. The summed E-state index contributed by atoms with van der Waals surface area (Å²) >= 11 is 0. The quantitative estimate of drug-likeness (QED) is 0.548.